The van der Waals surface area contributed by atoms with Crippen LogP contribution in [0.4, 0.5) is 0 Å². The number of nitrogens with zero attached hydrogens (tertiary/aromatic N) is 4. The van der Waals surface area contributed by atoms with Crippen LogP contribution in [-0.4, -0.2) is 83.4 Å². The molecule has 1 N–H and O–H groups in total. The fraction of sp³-hybridized carbons (Fsp3) is 0.556. The molecule has 2 aliphatic heterocycles. The molecule has 4 heterocycles. The zero-order chi connectivity index (χ0) is 19.3. The van der Waals surface area contributed by atoms with Gasteiger partial charge in [0.1, 0.15) is 0 Å². The van der Waals surface area contributed by atoms with Crippen LogP contribution >= 0.6 is 23.1 Å². The number of amides is 2. The summed E-state index contributed by atoms with van der Waals surface area (Å²) in [5.41, 5.74) is 0. The van der Waals surface area contributed by atoms with Gasteiger partial charge in [-0.15, -0.1) is 21.5 Å². The highest BCUT2D eigenvalue weighted by molar-refractivity contribution is 7.99. The molecule has 0 bridgehead atoms. The molecule has 4 rings (SSSR count). The number of carbonyl (C=O) groups excluding carboxylic acids is 2. The molecule has 0 unspecified atom stereocenters. The summed E-state index contributed by atoms with van der Waals surface area (Å²) in [6, 6.07) is 3.86. The van der Waals surface area contributed by atoms with E-state index < -0.39 is 0 Å². The molecular formula is C18H24N5O3S2+. The Morgan fingerprint density at radius 3 is 2.57 bits per heavy atom. The Balaban J connectivity index is 1.19. The van der Waals surface area contributed by atoms with Crippen molar-refractivity contribution in [1.82, 2.24) is 20.0 Å². The maximum Gasteiger partial charge on any atom is 0.277 e. The van der Waals surface area contributed by atoms with Crippen molar-refractivity contribution in [2.24, 2.45) is 0 Å². The molecule has 2 aliphatic rings. The number of rotatable bonds is 6. The Hall–Kier alpha value is -1.91. The smallest absolute Gasteiger partial charge is 0.277 e. The number of thioether (sulfide) groups is 1. The van der Waals surface area contributed by atoms with Gasteiger partial charge in [0.2, 0.25) is 5.91 Å². The van der Waals surface area contributed by atoms with Crippen LogP contribution < -0.4 is 4.90 Å². The standard InChI is InChI=1S/C18H23N5O3S2/c24-15(22-5-1-2-6-22)12-21-7-9-23(10-8-21)16(25)13-28-18-20-19-17(26-18)14-4-3-11-27-14/h3-4,11H,1-2,5-10,12-13H2/p+1. The number of aromatic nitrogens is 2. The minimum atomic E-state index is 0.0748. The van der Waals surface area contributed by atoms with Crippen LogP contribution in [0.2, 0.25) is 0 Å². The highest BCUT2D eigenvalue weighted by atomic mass is 32.2. The van der Waals surface area contributed by atoms with Gasteiger partial charge in [-0.1, -0.05) is 17.8 Å². The second-order valence-electron chi connectivity index (χ2n) is 7.03. The predicted molar refractivity (Wildman–Crippen MR) is 106 cm³/mol. The summed E-state index contributed by atoms with van der Waals surface area (Å²) < 4.78 is 5.61. The van der Waals surface area contributed by atoms with Crippen LogP contribution in [0.5, 0.6) is 0 Å². The number of quaternary nitrogens is 1. The van der Waals surface area contributed by atoms with Crippen LogP contribution in [0, 0.1) is 0 Å². The molecule has 0 aromatic carbocycles. The van der Waals surface area contributed by atoms with Gasteiger partial charge < -0.3 is 19.1 Å². The third-order valence-electron chi connectivity index (χ3n) is 5.14. The number of hydrogen-bond donors (Lipinski definition) is 1. The Labute approximate surface area is 171 Å². The SMILES string of the molecule is O=C(CSc1nnc(-c2cccs2)o1)N1CC[NH+](CC(=O)N2CCCC2)CC1. The molecule has 28 heavy (non-hydrogen) atoms. The van der Waals surface area contributed by atoms with E-state index in [9.17, 15) is 9.59 Å². The van der Waals surface area contributed by atoms with Crippen LogP contribution in [-0.2, 0) is 9.59 Å². The van der Waals surface area contributed by atoms with Gasteiger partial charge in [0.25, 0.3) is 17.0 Å². The number of likely N-dealkylation sites (tertiary alicyclic amines) is 1. The normalized spacial score (nSPS) is 18.0. The number of nitrogens with one attached hydrogen (secondary N) is 1. The topological polar surface area (TPSA) is 84.0 Å². The van der Waals surface area contributed by atoms with Crippen molar-refractivity contribution in [1.29, 1.82) is 0 Å². The molecule has 0 saturated carbocycles. The van der Waals surface area contributed by atoms with Gasteiger partial charge in [-0.3, -0.25) is 9.59 Å². The molecule has 150 valence electrons. The molecule has 2 fully saturated rings. The van der Waals surface area contributed by atoms with E-state index in [1.165, 1.54) is 28.0 Å². The van der Waals surface area contributed by atoms with E-state index in [0.717, 1.165) is 43.9 Å². The summed E-state index contributed by atoms with van der Waals surface area (Å²) in [6.07, 6.45) is 2.24. The zero-order valence-electron chi connectivity index (χ0n) is 15.6. The molecule has 8 nitrogen and oxygen atoms in total. The molecule has 0 radical (unpaired) electrons. The quantitative estimate of drug-likeness (QED) is 0.672. The minimum Gasteiger partial charge on any atom is -0.410 e. The van der Waals surface area contributed by atoms with Crippen LogP contribution in [0.25, 0.3) is 10.8 Å². The molecule has 2 aromatic rings. The maximum absolute atomic E-state index is 12.5. The zero-order valence-corrected chi connectivity index (χ0v) is 17.3. The molecule has 0 aliphatic carbocycles. The average Bonchev–Trinajstić information content (AvgIpc) is 3.49. The van der Waals surface area contributed by atoms with E-state index in [2.05, 4.69) is 10.2 Å². The van der Waals surface area contributed by atoms with Gasteiger partial charge in [-0.25, -0.2) is 0 Å². The lowest BCUT2D eigenvalue weighted by Gasteiger charge is -2.32. The summed E-state index contributed by atoms with van der Waals surface area (Å²) in [5, 5.41) is 10.4. The molecule has 2 saturated heterocycles. The van der Waals surface area contributed by atoms with Crippen LogP contribution in [0.3, 0.4) is 0 Å². The Morgan fingerprint density at radius 1 is 1.11 bits per heavy atom. The third kappa shape index (κ3) is 4.73. The highest BCUT2D eigenvalue weighted by Crippen LogP contribution is 2.26. The van der Waals surface area contributed by atoms with Crippen molar-refractivity contribution in [2.75, 3.05) is 51.6 Å². The number of piperazine rings is 1. The summed E-state index contributed by atoms with van der Waals surface area (Å²) in [4.78, 5) is 30.8. The number of hydrogen-bond acceptors (Lipinski definition) is 7. The Morgan fingerprint density at radius 2 is 1.86 bits per heavy atom. The lowest BCUT2D eigenvalue weighted by atomic mass is 10.3. The maximum atomic E-state index is 12.5. The summed E-state index contributed by atoms with van der Waals surface area (Å²) in [7, 11) is 0. The van der Waals surface area contributed by atoms with E-state index in [4.69, 9.17) is 4.42 Å². The van der Waals surface area contributed by atoms with Crippen LogP contribution in [0.15, 0.2) is 27.2 Å². The molecule has 2 aromatic heterocycles. The predicted octanol–water partition coefficient (Wildman–Crippen LogP) is 0.240. The molecule has 2 amide bonds. The van der Waals surface area contributed by atoms with Gasteiger partial charge in [0.05, 0.1) is 36.8 Å². The van der Waals surface area contributed by atoms with E-state index in [-0.39, 0.29) is 17.6 Å². The molecular weight excluding hydrogens is 398 g/mol. The first-order valence-electron chi connectivity index (χ1n) is 9.58. The first kappa shape index (κ1) is 19.4. The van der Waals surface area contributed by atoms with Gasteiger partial charge in [0, 0.05) is 13.1 Å². The van der Waals surface area contributed by atoms with Crippen LogP contribution in [0.1, 0.15) is 12.8 Å². The Bertz CT molecular complexity index is 796. The molecule has 10 heteroatoms. The van der Waals surface area contributed by atoms with Gasteiger partial charge in [-0.2, -0.15) is 0 Å². The van der Waals surface area contributed by atoms with E-state index in [1.807, 2.05) is 27.3 Å². The first-order chi connectivity index (χ1) is 13.7. The van der Waals surface area contributed by atoms with E-state index in [1.54, 1.807) is 0 Å². The second-order valence-corrected chi connectivity index (χ2v) is 8.91. The second kappa shape index (κ2) is 9.06. The summed E-state index contributed by atoms with van der Waals surface area (Å²) >= 11 is 2.81. The first-order valence-corrected chi connectivity index (χ1v) is 11.4. The minimum absolute atomic E-state index is 0.0748. The van der Waals surface area contributed by atoms with Crippen molar-refractivity contribution in [3.8, 4) is 10.8 Å². The fourth-order valence-corrected chi connectivity index (χ4v) is 4.83. The molecule has 0 atom stereocenters. The largest absolute Gasteiger partial charge is 0.410 e. The van der Waals surface area contributed by atoms with Gasteiger partial charge in [0.15, 0.2) is 6.54 Å². The number of carbonyl (C=O) groups is 2. The lowest BCUT2D eigenvalue weighted by Crippen LogP contribution is -3.15. The van der Waals surface area contributed by atoms with Crippen molar-refractivity contribution >= 4 is 34.9 Å². The van der Waals surface area contributed by atoms with Gasteiger partial charge >= 0.3 is 0 Å². The lowest BCUT2D eigenvalue weighted by molar-refractivity contribution is -0.896. The van der Waals surface area contributed by atoms with Crippen molar-refractivity contribution in [2.45, 2.75) is 18.1 Å². The highest BCUT2D eigenvalue weighted by Gasteiger charge is 2.28. The average molecular weight is 423 g/mol. The van der Waals surface area contributed by atoms with Gasteiger partial charge in [-0.05, 0) is 24.3 Å². The molecule has 0 spiro atoms. The number of thiophene rings is 1. The van der Waals surface area contributed by atoms with Crippen molar-refractivity contribution in [3.05, 3.63) is 17.5 Å². The summed E-state index contributed by atoms with van der Waals surface area (Å²) in [6.45, 7) is 5.36. The van der Waals surface area contributed by atoms with E-state index >= 15 is 0 Å². The Kier molecular flexibility index (Phi) is 6.28. The summed E-state index contributed by atoms with van der Waals surface area (Å²) in [5.74, 6) is 1.10. The third-order valence-corrected chi connectivity index (χ3v) is 6.80. The van der Waals surface area contributed by atoms with Crippen molar-refractivity contribution in [3.63, 3.8) is 0 Å². The fourth-order valence-electron chi connectivity index (χ4n) is 3.52. The van der Waals surface area contributed by atoms with E-state index in [0.29, 0.717) is 30.7 Å². The monoisotopic (exact) mass is 422 g/mol. The van der Waals surface area contributed by atoms with Crippen molar-refractivity contribution < 1.29 is 18.9 Å².